The van der Waals surface area contributed by atoms with Crippen LogP contribution in [0.3, 0.4) is 0 Å². The number of carbonyl (C=O) groups is 1. The largest absolute Gasteiger partial charge is 0.416 e. The maximum Gasteiger partial charge on any atom is 0.416 e. The molecule has 1 aliphatic rings. The Labute approximate surface area is 146 Å². The zero-order chi connectivity index (χ0) is 18.5. The first kappa shape index (κ1) is 16.6. The number of rotatable bonds is 3. The van der Waals surface area contributed by atoms with Gasteiger partial charge in [0.1, 0.15) is 0 Å². The fraction of sp³-hybridized carbons (Fsp3) is 0.278. The molecular weight excluding hydrogens is 345 g/mol. The molecule has 1 N–H and O–H groups in total. The van der Waals surface area contributed by atoms with Crippen LogP contribution >= 0.6 is 0 Å². The van der Waals surface area contributed by atoms with Crippen LogP contribution in [0.15, 0.2) is 36.5 Å². The Morgan fingerprint density at radius 3 is 2.54 bits per heavy atom. The third-order valence-corrected chi connectivity index (χ3v) is 4.37. The van der Waals surface area contributed by atoms with E-state index >= 15 is 0 Å². The molecule has 2 aromatic heterocycles. The van der Waals surface area contributed by atoms with Gasteiger partial charge >= 0.3 is 6.18 Å². The number of carbonyl (C=O) groups excluding carboxylic acids is 1. The molecule has 1 saturated carbocycles. The van der Waals surface area contributed by atoms with E-state index < -0.39 is 11.7 Å². The topological polar surface area (TPSA) is 59.8 Å². The van der Waals surface area contributed by atoms with E-state index in [2.05, 4.69) is 15.4 Å². The first-order valence-corrected chi connectivity index (χ1v) is 8.14. The molecule has 0 saturated heterocycles. The van der Waals surface area contributed by atoms with Crippen molar-refractivity contribution in [2.45, 2.75) is 25.1 Å². The fourth-order valence-electron chi connectivity index (χ4n) is 2.77. The van der Waals surface area contributed by atoms with Crippen molar-refractivity contribution in [3.63, 3.8) is 0 Å². The van der Waals surface area contributed by atoms with Crippen molar-refractivity contribution in [3.8, 4) is 11.3 Å². The number of benzene rings is 1. The lowest BCUT2D eigenvalue weighted by molar-refractivity contribution is -0.137. The van der Waals surface area contributed by atoms with Crippen LogP contribution in [0.1, 0.15) is 28.8 Å². The van der Waals surface area contributed by atoms with E-state index in [1.807, 2.05) is 0 Å². The minimum atomic E-state index is -4.40. The van der Waals surface area contributed by atoms with Gasteiger partial charge in [0.2, 0.25) is 0 Å². The van der Waals surface area contributed by atoms with E-state index in [4.69, 9.17) is 0 Å². The Morgan fingerprint density at radius 1 is 1.23 bits per heavy atom. The number of aryl methyl sites for hydroxylation is 1. The molecule has 1 fully saturated rings. The van der Waals surface area contributed by atoms with Gasteiger partial charge in [-0.15, -0.1) is 0 Å². The van der Waals surface area contributed by atoms with Gasteiger partial charge in [0.25, 0.3) is 5.91 Å². The predicted octanol–water partition coefficient (Wildman–Crippen LogP) is 3.55. The number of amides is 1. The summed E-state index contributed by atoms with van der Waals surface area (Å²) in [4.78, 5) is 17.0. The van der Waals surface area contributed by atoms with Gasteiger partial charge in [0.05, 0.1) is 28.4 Å². The lowest BCUT2D eigenvalue weighted by Gasteiger charge is -2.10. The van der Waals surface area contributed by atoms with Gasteiger partial charge in [-0.25, -0.2) is 4.98 Å². The Bertz CT molecular complexity index is 988. The zero-order valence-corrected chi connectivity index (χ0v) is 13.8. The van der Waals surface area contributed by atoms with Gasteiger partial charge < -0.3 is 5.32 Å². The minimum absolute atomic E-state index is 0.192. The Hall–Kier alpha value is -2.90. The second kappa shape index (κ2) is 5.82. The summed E-state index contributed by atoms with van der Waals surface area (Å²) in [6.45, 7) is 0. The lowest BCUT2D eigenvalue weighted by Crippen LogP contribution is -2.25. The molecule has 0 spiro atoms. The highest BCUT2D eigenvalue weighted by molar-refractivity contribution is 6.06. The first-order chi connectivity index (χ1) is 12.3. The van der Waals surface area contributed by atoms with E-state index in [-0.39, 0.29) is 11.9 Å². The van der Waals surface area contributed by atoms with Crippen LogP contribution in [0.2, 0.25) is 0 Å². The summed E-state index contributed by atoms with van der Waals surface area (Å²) in [7, 11) is 1.70. The van der Waals surface area contributed by atoms with Gasteiger partial charge in [-0.3, -0.25) is 9.48 Å². The average molecular weight is 360 g/mol. The van der Waals surface area contributed by atoms with Crippen molar-refractivity contribution in [1.82, 2.24) is 20.1 Å². The second-order valence-corrected chi connectivity index (χ2v) is 6.38. The molecule has 26 heavy (non-hydrogen) atoms. The quantitative estimate of drug-likeness (QED) is 0.777. The lowest BCUT2D eigenvalue weighted by atomic mass is 10.0. The third kappa shape index (κ3) is 3.02. The number of hydrogen-bond donors (Lipinski definition) is 1. The van der Waals surface area contributed by atoms with E-state index in [0.717, 1.165) is 25.0 Å². The smallest absolute Gasteiger partial charge is 0.349 e. The van der Waals surface area contributed by atoms with Crippen LogP contribution < -0.4 is 5.32 Å². The maximum absolute atomic E-state index is 12.8. The van der Waals surface area contributed by atoms with Crippen LogP contribution in [0.25, 0.3) is 22.3 Å². The van der Waals surface area contributed by atoms with Gasteiger partial charge in [-0.05, 0) is 31.0 Å². The number of nitrogens with one attached hydrogen (secondary N) is 1. The predicted molar refractivity (Wildman–Crippen MR) is 89.4 cm³/mol. The van der Waals surface area contributed by atoms with Gasteiger partial charge in [-0.1, -0.05) is 12.1 Å². The highest BCUT2D eigenvalue weighted by Crippen LogP contribution is 2.31. The molecule has 0 radical (unpaired) electrons. The molecular formula is C18H15F3N4O. The van der Waals surface area contributed by atoms with Crippen molar-refractivity contribution >= 4 is 16.9 Å². The van der Waals surface area contributed by atoms with Gasteiger partial charge in [0, 0.05) is 18.7 Å². The molecule has 2 heterocycles. The molecule has 3 aromatic rings. The molecule has 1 aliphatic carbocycles. The minimum Gasteiger partial charge on any atom is -0.349 e. The van der Waals surface area contributed by atoms with Crippen molar-refractivity contribution < 1.29 is 18.0 Å². The number of pyridine rings is 1. The molecule has 134 valence electrons. The van der Waals surface area contributed by atoms with E-state index in [1.165, 1.54) is 16.8 Å². The summed E-state index contributed by atoms with van der Waals surface area (Å²) in [5.74, 6) is -0.221. The SMILES string of the molecule is Cn1ncc2c(C(=O)NC3CC3)cc(-c3ccc(C(F)(F)F)cc3)nc21. The van der Waals surface area contributed by atoms with Crippen molar-refractivity contribution in [2.24, 2.45) is 7.05 Å². The van der Waals surface area contributed by atoms with Crippen LogP contribution in [-0.2, 0) is 13.2 Å². The average Bonchev–Trinajstić information content (AvgIpc) is 3.34. The highest BCUT2D eigenvalue weighted by atomic mass is 19.4. The van der Waals surface area contributed by atoms with Gasteiger partial charge in [0.15, 0.2) is 5.65 Å². The molecule has 0 aliphatic heterocycles. The van der Waals surface area contributed by atoms with Crippen molar-refractivity contribution in [3.05, 3.63) is 47.7 Å². The number of alkyl halides is 3. The van der Waals surface area contributed by atoms with Crippen molar-refractivity contribution in [1.29, 1.82) is 0 Å². The third-order valence-electron chi connectivity index (χ3n) is 4.37. The van der Waals surface area contributed by atoms with Crippen LogP contribution in [0.4, 0.5) is 13.2 Å². The number of aromatic nitrogens is 3. The van der Waals surface area contributed by atoms with Crippen molar-refractivity contribution in [2.75, 3.05) is 0 Å². The zero-order valence-electron chi connectivity index (χ0n) is 13.8. The molecule has 8 heteroatoms. The molecule has 1 amide bonds. The number of halogens is 3. The maximum atomic E-state index is 12.8. The monoisotopic (exact) mass is 360 g/mol. The fourth-order valence-corrected chi connectivity index (χ4v) is 2.77. The Morgan fingerprint density at radius 2 is 1.92 bits per heavy atom. The van der Waals surface area contributed by atoms with E-state index in [9.17, 15) is 18.0 Å². The normalized spacial score (nSPS) is 14.6. The molecule has 0 atom stereocenters. The summed E-state index contributed by atoms with van der Waals surface area (Å²) in [5, 5.41) is 7.68. The summed E-state index contributed by atoms with van der Waals surface area (Å²) in [5.41, 5.74) is 1.13. The summed E-state index contributed by atoms with van der Waals surface area (Å²) in [6, 6.07) is 6.52. The summed E-state index contributed by atoms with van der Waals surface area (Å²) in [6.07, 6.45) is -0.911. The summed E-state index contributed by atoms with van der Waals surface area (Å²) < 4.78 is 39.8. The van der Waals surface area contributed by atoms with Crippen LogP contribution in [-0.4, -0.2) is 26.7 Å². The van der Waals surface area contributed by atoms with E-state index in [1.54, 1.807) is 19.3 Å². The molecule has 4 rings (SSSR count). The highest BCUT2D eigenvalue weighted by Gasteiger charge is 2.30. The second-order valence-electron chi connectivity index (χ2n) is 6.38. The molecule has 5 nitrogen and oxygen atoms in total. The van der Waals surface area contributed by atoms with E-state index in [0.29, 0.717) is 27.9 Å². The Kier molecular flexibility index (Phi) is 3.71. The van der Waals surface area contributed by atoms with Crippen LogP contribution in [0.5, 0.6) is 0 Å². The van der Waals surface area contributed by atoms with Crippen LogP contribution in [0, 0.1) is 0 Å². The van der Waals surface area contributed by atoms with Gasteiger partial charge in [-0.2, -0.15) is 18.3 Å². The Balaban J connectivity index is 1.79. The standard InChI is InChI=1S/C18H15F3N4O/c1-25-16-14(9-22-25)13(17(26)23-12-6-7-12)8-15(24-16)10-2-4-11(5-3-10)18(19,20)21/h2-5,8-9,12H,6-7H2,1H3,(H,23,26). The molecule has 1 aromatic carbocycles. The number of nitrogens with zero attached hydrogens (tertiary/aromatic N) is 3. The molecule has 0 bridgehead atoms. The summed E-state index contributed by atoms with van der Waals surface area (Å²) >= 11 is 0. The number of fused-ring (bicyclic) bond motifs is 1. The molecule has 0 unspecified atom stereocenters. The first-order valence-electron chi connectivity index (χ1n) is 8.14. The number of hydrogen-bond acceptors (Lipinski definition) is 3.